The first-order chi connectivity index (χ1) is 9.88. The van der Waals surface area contributed by atoms with Crippen LogP contribution in [0.25, 0.3) is 0 Å². The summed E-state index contributed by atoms with van der Waals surface area (Å²) in [7, 11) is 0. The number of carbonyl (C=O) groups is 2. The van der Waals surface area contributed by atoms with Crippen LogP contribution in [0.15, 0.2) is 28.7 Å². The molecule has 21 heavy (non-hydrogen) atoms. The molecule has 0 bridgehead atoms. The van der Waals surface area contributed by atoms with E-state index in [1.807, 2.05) is 26.8 Å². The number of amides is 1. The highest BCUT2D eigenvalue weighted by molar-refractivity contribution is 9.10. The van der Waals surface area contributed by atoms with E-state index in [9.17, 15) is 9.59 Å². The molecule has 0 radical (unpaired) electrons. The van der Waals surface area contributed by atoms with Gasteiger partial charge in [0.25, 0.3) is 5.91 Å². The van der Waals surface area contributed by atoms with Crippen LogP contribution in [0.5, 0.6) is 5.75 Å². The van der Waals surface area contributed by atoms with E-state index < -0.39 is 5.97 Å². The molecule has 0 aliphatic heterocycles. The van der Waals surface area contributed by atoms with Crippen LogP contribution in [-0.4, -0.2) is 31.1 Å². The summed E-state index contributed by atoms with van der Waals surface area (Å²) in [5, 5.41) is 2.75. The molecule has 0 aliphatic carbocycles. The number of hydrogen-bond acceptors (Lipinski definition) is 4. The predicted molar refractivity (Wildman–Crippen MR) is 83.0 cm³/mol. The van der Waals surface area contributed by atoms with Gasteiger partial charge in [-0.3, -0.25) is 4.79 Å². The van der Waals surface area contributed by atoms with E-state index in [1.165, 1.54) is 0 Å². The Balaban J connectivity index is 2.26. The Morgan fingerprint density at radius 3 is 2.57 bits per heavy atom. The minimum absolute atomic E-state index is 0.0362. The molecule has 6 heteroatoms. The number of halogens is 1. The molecule has 1 rings (SSSR count). The van der Waals surface area contributed by atoms with Gasteiger partial charge >= 0.3 is 5.97 Å². The molecule has 0 aromatic heterocycles. The molecule has 5 nitrogen and oxygen atoms in total. The van der Waals surface area contributed by atoms with Crippen molar-refractivity contribution in [2.75, 3.05) is 13.2 Å². The molecule has 1 amide bonds. The molecule has 1 aromatic rings. The number of carbonyl (C=O) groups excluding carboxylic acids is 2. The summed E-state index contributed by atoms with van der Waals surface area (Å²) >= 11 is 3.30. The van der Waals surface area contributed by atoms with Crippen LogP contribution in [-0.2, 0) is 14.3 Å². The van der Waals surface area contributed by atoms with E-state index in [4.69, 9.17) is 9.47 Å². The van der Waals surface area contributed by atoms with Gasteiger partial charge in [0.05, 0.1) is 0 Å². The van der Waals surface area contributed by atoms with E-state index >= 15 is 0 Å². The van der Waals surface area contributed by atoms with Crippen molar-refractivity contribution in [3.8, 4) is 5.75 Å². The Morgan fingerprint density at radius 1 is 1.24 bits per heavy atom. The monoisotopic (exact) mass is 357 g/mol. The summed E-state index contributed by atoms with van der Waals surface area (Å²) in [6.45, 7) is 5.38. The summed E-state index contributed by atoms with van der Waals surface area (Å²) in [4.78, 5) is 23.0. The molecule has 116 valence electrons. The van der Waals surface area contributed by atoms with Crippen LogP contribution < -0.4 is 10.1 Å². The Bertz CT molecular complexity index is 490. The summed E-state index contributed by atoms with van der Waals surface area (Å²) in [5.41, 5.74) is 0. The first-order valence-corrected chi connectivity index (χ1v) is 7.51. The SMILES string of the molecule is CC(C)[C@H](C)NC(=O)COC(=O)COc1cccc(Br)c1. The van der Waals surface area contributed by atoms with Crippen LogP contribution >= 0.6 is 15.9 Å². The first-order valence-electron chi connectivity index (χ1n) is 6.72. The van der Waals surface area contributed by atoms with Gasteiger partial charge in [0.2, 0.25) is 0 Å². The lowest BCUT2D eigenvalue weighted by Gasteiger charge is -2.17. The number of esters is 1. The Kier molecular flexibility index (Phi) is 7.22. The van der Waals surface area contributed by atoms with Gasteiger partial charge in [-0.1, -0.05) is 35.8 Å². The van der Waals surface area contributed by atoms with Crippen molar-refractivity contribution in [1.29, 1.82) is 0 Å². The zero-order valence-corrected chi connectivity index (χ0v) is 14.0. The van der Waals surface area contributed by atoms with E-state index in [0.717, 1.165) is 4.47 Å². The maximum Gasteiger partial charge on any atom is 0.344 e. The van der Waals surface area contributed by atoms with Gasteiger partial charge in [0.15, 0.2) is 13.2 Å². The maximum atomic E-state index is 11.5. The van der Waals surface area contributed by atoms with Crippen LogP contribution in [0.2, 0.25) is 0 Å². The summed E-state index contributed by atoms with van der Waals surface area (Å²) < 4.78 is 11.0. The number of rotatable bonds is 7. The molecule has 0 saturated carbocycles. The van der Waals surface area contributed by atoms with Crippen LogP contribution in [0.3, 0.4) is 0 Å². The molecule has 0 spiro atoms. The fourth-order valence-corrected chi connectivity index (χ4v) is 1.73. The fraction of sp³-hybridized carbons (Fsp3) is 0.467. The van der Waals surface area contributed by atoms with E-state index in [-0.39, 0.29) is 25.2 Å². The van der Waals surface area contributed by atoms with E-state index in [2.05, 4.69) is 21.2 Å². The third-order valence-electron chi connectivity index (χ3n) is 2.91. The second kappa shape index (κ2) is 8.67. The van der Waals surface area contributed by atoms with Crippen LogP contribution in [0, 0.1) is 5.92 Å². The lowest BCUT2D eigenvalue weighted by molar-refractivity contribution is -0.150. The van der Waals surface area contributed by atoms with E-state index in [1.54, 1.807) is 18.2 Å². The van der Waals surface area contributed by atoms with Crippen molar-refractivity contribution in [3.63, 3.8) is 0 Å². The van der Waals surface area contributed by atoms with Gasteiger partial charge in [0, 0.05) is 10.5 Å². The average molecular weight is 358 g/mol. The lowest BCUT2D eigenvalue weighted by atomic mass is 10.1. The van der Waals surface area contributed by atoms with Gasteiger partial charge in [-0.15, -0.1) is 0 Å². The van der Waals surface area contributed by atoms with Crippen molar-refractivity contribution in [3.05, 3.63) is 28.7 Å². The number of nitrogens with one attached hydrogen (secondary N) is 1. The third kappa shape index (κ3) is 7.13. The standard InChI is InChI=1S/C15H20BrNO4/c1-10(2)11(3)17-14(18)8-21-15(19)9-20-13-6-4-5-12(16)7-13/h4-7,10-11H,8-9H2,1-3H3,(H,17,18)/t11-/m0/s1. The van der Waals surface area contributed by atoms with Gasteiger partial charge in [-0.2, -0.15) is 0 Å². The van der Waals surface area contributed by atoms with Gasteiger partial charge < -0.3 is 14.8 Å². The van der Waals surface area contributed by atoms with Gasteiger partial charge in [0.1, 0.15) is 5.75 Å². The smallest absolute Gasteiger partial charge is 0.344 e. The maximum absolute atomic E-state index is 11.5. The molecule has 1 N–H and O–H groups in total. The zero-order chi connectivity index (χ0) is 15.8. The average Bonchev–Trinajstić information content (AvgIpc) is 2.42. The largest absolute Gasteiger partial charge is 0.482 e. The number of benzene rings is 1. The van der Waals surface area contributed by atoms with E-state index in [0.29, 0.717) is 11.7 Å². The van der Waals surface area contributed by atoms with Crippen LogP contribution in [0.4, 0.5) is 0 Å². The number of ether oxygens (including phenoxy) is 2. The topological polar surface area (TPSA) is 64.6 Å². The second-order valence-corrected chi connectivity index (χ2v) is 5.92. The Labute approximate surface area is 133 Å². The highest BCUT2D eigenvalue weighted by Gasteiger charge is 2.13. The molecule has 0 heterocycles. The normalized spacial score (nSPS) is 11.9. The first kappa shape index (κ1) is 17.5. The molecular formula is C15H20BrNO4. The molecule has 0 aliphatic rings. The van der Waals surface area contributed by atoms with Crippen molar-refractivity contribution in [2.45, 2.75) is 26.8 Å². The summed E-state index contributed by atoms with van der Waals surface area (Å²) in [6.07, 6.45) is 0. The van der Waals surface area contributed by atoms with Crippen molar-refractivity contribution < 1.29 is 19.1 Å². The molecule has 0 unspecified atom stereocenters. The highest BCUT2D eigenvalue weighted by Crippen LogP contribution is 2.17. The quantitative estimate of drug-likeness (QED) is 0.761. The third-order valence-corrected chi connectivity index (χ3v) is 3.40. The van der Waals surface area contributed by atoms with Gasteiger partial charge in [-0.05, 0) is 31.0 Å². The highest BCUT2D eigenvalue weighted by atomic mass is 79.9. The van der Waals surface area contributed by atoms with Crippen molar-refractivity contribution in [2.24, 2.45) is 5.92 Å². The Hall–Kier alpha value is -1.56. The molecule has 1 aromatic carbocycles. The molecule has 0 saturated heterocycles. The Morgan fingerprint density at radius 2 is 1.95 bits per heavy atom. The summed E-state index contributed by atoms with van der Waals surface area (Å²) in [5.74, 6) is -0.0157. The minimum atomic E-state index is -0.581. The number of hydrogen-bond donors (Lipinski definition) is 1. The zero-order valence-electron chi connectivity index (χ0n) is 12.4. The van der Waals surface area contributed by atoms with Crippen molar-refractivity contribution in [1.82, 2.24) is 5.32 Å². The molecular weight excluding hydrogens is 338 g/mol. The predicted octanol–water partition coefficient (Wildman–Crippen LogP) is 2.53. The molecule has 1 atom stereocenters. The second-order valence-electron chi connectivity index (χ2n) is 5.01. The fourth-order valence-electron chi connectivity index (χ4n) is 1.35. The van der Waals surface area contributed by atoms with Gasteiger partial charge in [-0.25, -0.2) is 4.79 Å². The molecule has 0 fully saturated rings. The summed E-state index contributed by atoms with van der Waals surface area (Å²) in [6, 6.07) is 7.16. The minimum Gasteiger partial charge on any atom is -0.482 e. The van der Waals surface area contributed by atoms with Crippen LogP contribution in [0.1, 0.15) is 20.8 Å². The van der Waals surface area contributed by atoms with Crippen molar-refractivity contribution >= 4 is 27.8 Å². The lowest BCUT2D eigenvalue weighted by Crippen LogP contribution is -2.39.